The van der Waals surface area contributed by atoms with Crippen molar-refractivity contribution in [1.29, 1.82) is 0 Å². The maximum atomic E-state index is 12.1. The average Bonchev–Trinajstić information content (AvgIpc) is 2.57. The fraction of sp³-hybridized carbons (Fsp3) is 0.375. The lowest BCUT2D eigenvalue weighted by Crippen LogP contribution is -2.28. The molecule has 8 heteroatoms. The number of non-ortho nitro benzene ring substituents is 1. The normalized spacial score (nSPS) is 11.0. The van der Waals surface area contributed by atoms with Crippen molar-refractivity contribution in [2.45, 2.75) is 13.8 Å². The number of carbonyl (C=O) groups is 1. The van der Waals surface area contributed by atoms with Gasteiger partial charge in [0.2, 0.25) is 0 Å². The van der Waals surface area contributed by atoms with Crippen molar-refractivity contribution in [2.24, 2.45) is 0 Å². The van der Waals surface area contributed by atoms with Crippen LogP contribution in [0, 0.1) is 10.1 Å². The summed E-state index contributed by atoms with van der Waals surface area (Å²) in [6.45, 7) is 6.36. The summed E-state index contributed by atoms with van der Waals surface area (Å²) >= 11 is 0. The van der Waals surface area contributed by atoms with Crippen LogP contribution in [0.2, 0.25) is 0 Å². The summed E-state index contributed by atoms with van der Waals surface area (Å²) in [5, 5.41) is 11.1. The topological polar surface area (TPSA) is 103 Å². The Labute approximate surface area is 137 Å². The molecule has 0 aliphatic rings. The molecule has 0 N–H and O–H groups in total. The molecule has 0 saturated heterocycles. The smallest absolute Gasteiger partial charge is 0.351 e. The van der Waals surface area contributed by atoms with Gasteiger partial charge in [-0.2, -0.15) is 0 Å². The largest absolute Gasteiger partial charge is 0.461 e. The van der Waals surface area contributed by atoms with Crippen LogP contribution in [0.4, 0.5) is 5.69 Å². The molecule has 8 nitrogen and oxygen atoms in total. The molecule has 0 amide bonds. The second-order valence-corrected chi connectivity index (χ2v) is 5.09. The quantitative estimate of drug-likeness (QED) is 0.331. The minimum Gasteiger partial charge on any atom is -0.461 e. The fourth-order valence-corrected chi connectivity index (χ4v) is 2.25. The van der Waals surface area contributed by atoms with Crippen LogP contribution < -0.4 is 5.63 Å². The van der Waals surface area contributed by atoms with Gasteiger partial charge in [-0.15, -0.1) is 0 Å². The minimum atomic E-state index is -0.829. The van der Waals surface area contributed by atoms with Gasteiger partial charge in [0, 0.05) is 24.1 Å². The molecule has 1 heterocycles. The molecule has 0 bridgehead atoms. The third kappa shape index (κ3) is 3.96. The van der Waals surface area contributed by atoms with Crippen molar-refractivity contribution in [3.05, 3.63) is 50.4 Å². The van der Waals surface area contributed by atoms with Crippen LogP contribution in [0.1, 0.15) is 24.2 Å². The number of carbonyl (C=O) groups excluding carboxylic acids is 1. The molecule has 1 aromatic carbocycles. The highest BCUT2D eigenvalue weighted by atomic mass is 16.6. The Bertz CT molecular complexity index is 810. The Morgan fingerprint density at radius 2 is 2.00 bits per heavy atom. The zero-order valence-corrected chi connectivity index (χ0v) is 13.5. The molecule has 0 fully saturated rings. The Morgan fingerprint density at radius 3 is 2.62 bits per heavy atom. The lowest BCUT2D eigenvalue weighted by Gasteiger charge is -2.17. The highest BCUT2D eigenvalue weighted by molar-refractivity contribution is 5.93. The van der Waals surface area contributed by atoms with Gasteiger partial charge in [-0.3, -0.25) is 10.1 Å². The van der Waals surface area contributed by atoms with Gasteiger partial charge in [-0.05, 0) is 25.2 Å². The first-order valence-electron chi connectivity index (χ1n) is 7.58. The highest BCUT2D eigenvalue weighted by Gasteiger charge is 2.17. The summed E-state index contributed by atoms with van der Waals surface area (Å²) in [6, 6.07) is 5.05. The van der Waals surface area contributed by atoms with E-state index in [2.05, 4.69) is 4.90 Å². The van der Waals surface area contributed by atoms with E-state index in [1.54, 1.807) is 0 Å². The van der Waals surface area contributed by atoms with Gasteiger partial charge in [0.05, 0.1) is 4.92 Å². The molecule has 0 aliphatic heterocycles. The van der Waals surface area contributed by atoms with E-state index in [9.17, 15) is 19.7 Å². The maximum absolute atomic E-state index is 12.1. The third-order valence-corrected chi connectivity index (χ3v) is 3.68. The second-order valence-electron chi connectivity index (χ2n) is 5.09. The Morgan fingerprint density at radius 1 is 1.29 bits per heavy atom. The van der Waals surface area contributed by atoms with Crippen LogP contribution in [-0.4, -0.2) is 42.0 Å². The summed E-state index contributed by atoms with van der Waals surface area (Å²) in [7, 11) is 0. The second kappa shape index (κ2) is 7.69. The van der Waals surface area contributed by atoms with E-state index >= 15 is 0 Å². The van der Waals surface area contributed by atoms with Gasteiger partial charge in [0.1, 0.15) is 17.8 Å². The molecule has 2 rings (SSSR count). The average molecular weight is 334 g/mol. The highest BCUT2D eigenvalue weighted by Crippen LogP contribution is 2.20. The van der Waals surface area contributed by atoms with E-state index in [4.69, 9.17) is 9.15 Å². The first kappa shape index (κ1) is 17.6. The number of rotatable bonds is 7. The number of esters is 1. The number of nitrogens with zero attached hydrogens (tertiary/aromatic N) is 2. The number of fused-ring (bicyclic) bond motifs is 1. The first-order chi connectivity index (χ1) is 11.5. The standard InChI is InChI=1S/C16H18N2O6/c1-3-17(4-2)7-8-23-15(19)13-10-11-9-12(18(21)22)5-6-14(11)24-16(13)20/h5-6,9-10H,3-4,7-8H2,1-2H3. The molecule has 2 aromatic rings. The van der Waals surface area contributed by atoms with E-state index in [0.717, 1.165) is 13.1 Å². The van der Waals surface area contributed by atoms with Gasteiger partial charge in [0.25, 0.3) is 5.69 Å². The number of ether oxygens (including phenoxy) is 1. The van der Waals surface area contributed by atoms with Crippen molar-refractivity contribution in [2.75, 3.05) is 26.2 Å². The lowest BCUT2D eigenvalue weighted by atomic mass is 10.1. The molecule has 0 atom stereocenters. The van der Waals surface area contributed by atoms with Gasteiger partial charge in [-0.25, -0.2) is 9.59 Å². The Hall–Kier alpha value is -2.74. The van der Waals surface area contributed by atoms with Crippen molar-refractivity contribution >= 4 is 22.6 Å². The van der Waals surface area contributed by atoms with E-state index < -0.39 is 16.5 Å². The monoisotopic (exact) mass is 334 g/mol. The van der Waals surface area contributed by atoms with Crippen molar-refractivity contribution in [1.82, 2.24) is 4.90 Å². The van der Waals surface area contributed by atoms with Gasteiger partial charge < -0.3 is 14.1 Å². The zero-order chi connectivity index (χ0) is 17.7. The molecule has 0 radical (unpaired) electrons. The number of nitro groups is 1. The van der Waals surface area contributed by atoms with Crippen LogP contribution in [0.15, 0.2) is 33.5 Å². The summed E-state index contributed by atoms with van der Waals surface area (Å²) in [4.78, 5) is 36.3. The van der Waals surface area contributed by atoms with E-state index in [1.165, 1.54) is 24.3 Å². The molecule has 0 unspecified atom stereocenters. The first-order valence-corrected chi connectivity index (χ1v) is 7.58. The number of nitro benzene ring substituents is 1. The van der Waals surface area contributed by atoms with Crippen LogP contribution in [0.3, 0.4) is 0 Å². The van der Waals surface area contributed by atoms with Gasteiger partial charge in [-0.1, -0.05) is 13.8 Å². The van der Waals surface area contributed by atoms with E-state index in [0.29, 0.717) is 11.9 Å². The molecule has 128 valence electrons. The molecule has 0 spiro atoms. The Balaban J connectivity index is 2.21. The summed E-state index contributed by atoms with van der Waals surface area (Å²) in [5.74, 6) is -0.802. The molecular weight excluding hydrogens is 316 g/mol. The lowest BCUT2D eigenvalue weighted by molar-refractivity contribution is -0.384. The molecule has 24 heavy (non-hydrogen) atoms. The fourth-order valence-electron chi connectivity index (χ4n) is 2.25. The minimum absolute atomic E-state index is 0.146. The molecule has 0 aliphatic carbocycles. The number of likely N-dealkylation sites (N-methyl/N-ethyl adjacent to an activating group) is 1. The number of hydrogen-bond acceptors (Lipinski definition) is 7. The van der Waals surface area contributed by atoms with Gasteiger partial charge in [0.15, 0.2) is 0 Å². The number of benzene rings is 1. The van der Waals surface area contributed by atoms with Crippen LogP contribution in [-0.2, 0) is 4.74 Å². The van der Waals surface area contributed by atoms with Crippen molar-refractivity contribution in [3.63, 3.8) is 0 Å². The summed E-state index contributed by atoms with van der Waals surface area (Å²) < 4.78 is 10.1. The van der Waals surface area contributed by atoms with Gasteiger partial charge >= 0.3 is 11.6 Å². The van der Waals surface area contributed by atoms with Crippen molar-refractivity contribution in [3.8, 4) is 0 Å². The van der Waals surface area contributed by atoms with Crippen LogP contribution in [0.25, 0.3) is 11.0 Å². The van der Waals surface area contributed by atoms with E-state index in [-0.39, 0.29) is 23.4 Å². The molecule has 0 saturated carbocycles. The van der Waals surface area contributed by atoms with E-state index in [1.807, 2.05) is 13.8 Å². The predicted molar refractivity (Wildman–Crippen MR) is 87.2 cm³/mol. The Kier molecular flexibility index (Phi) is 5.64. The summed E-state index contributed by atoms with van der Waals surface area (Å²) in [6.07, 6.45) is 0. The SMILES string of the molecule is CCN(CC)CCOC(=O)c1cc2cc([N+](=O)[O-])ccc2oc1=O. The third-order valence-electron chi connectivity index (χ3n) is 3.68. The molecule has 1 aromatic heterocycles. The summed E-state index contributed by atoms with van der Waals surface area (Å²) in [5.41, 5.74) is -1.09. The predicted octanol–water partition coefficient (Wildman–Crippen LogP) is 2.20. The number of hydrogen-bond donors (Lipinski definition) is 0. The van der Waals surface area contributed by atoms with Crippen molar-refractivity contribution < 1.29 is 18.9 Å². The van der Waals surface area contributed by atoms with Crippen LogP contribution in [0.5, 0.6) is 0 Å². The maximum Gasteiger partial charge on any atom is 0.351 e. The molecular formula is C16H18N2O6. The zero-order valence-electron chi connectivity index (χ0n) is 13.5. The van der Waals surface area contributed by atoms with Crippen LogP contribution >= 0.6 is 0 Å².